The molecular weight excluding hydrogens is 300 g/mol. The highest BCUT2D eigenvalue weighted by Gasteiger charge is 2.08. The van der Waals surface area contributed by atoms with Gasteiger partial charge in [-0.1, -0.05) is 36.4 Å². The van der Waals surface area contributed by atoms with Gasteiger partial charge in [0.05, 0.1) is 12.8 Å². The molecule has 0 bridgehead atoms. The number of nitrogens with zero attached hydrogens (tertiary/aromatic N) is 1. The zero-order valence-corrected chi connectivity index (χ0v) is 13.7. The molecule has 3 aromatic rings. The third-order valence-electron chi connectivity index (χ3n) is 3.93. The van der Waals surface area contributed by atoms with Crippen LogP contribution in [0.4, 0.5) is 5.69 Å². The highest BCUT2D eigenvalue weighted by molar-refractivity contribution is 5.69. The van der Waals surface area contributed by atoms with E-state index in [2.05, 4.69) is 29.4 Å². The first kappa shape index (κ1) is 15.9. The van der Waals surface area contributed by atoms with Gasteiger partial charge in [0.15, 0.2) is 11.5 Å². The highest BCUT2D eigenvalue weighted by Crippen LogP contribution is 2.32. The monoisotopic (exact) mass is 320 g/mol. The molecule has 0 radical (unpaired) electrons. The van der Waals surface area contributed by atoms with Gasteiger partial charge in [0.1, 0.15) is 0 Å². The SMILES string of the molecule is COc1cc(-c2cncc(N[C@@H](C)c3ccccc3)c2)ccc1O. The lowest BCUT2D eigenvalue weighted by atomic mass is 10.1. The molecule has 0 aliphatic rings. The molecule has 0 spiro atoms. The summed E-state index contributed by atoms with van der Waals surface area (Å²) in [5.41, 5.74) is 4.05. The van der Waals surface area contributed by atoms with Crippen molar-refractivity contribution >= 4 is 5.69 Å². The van der Waals surface area contributed by atoms with Crippen molar-refractivity contribution in [1.29, 1.82) is 0 Å². The van der Waals surface area contributed by atoms with E-state index in [1.165, 1.54) is 12.7 Å². The zero-order valence-electron chi connectivity index (χ0n) is 13.7. The van der Waals surface area contributed by atoms with Crippen LogP contribution in [0.1, 0.15) is 18.5 Å². The maximum absolute atomic E-state index is 9.73. The van der Waals surface area contributed by atoms with Crippen molar-refractivity contribution in [1.82, 2.24) is 4.98 Å². The van der Waals surface area contributed by atoms with E-state index in [-0.39, 0.29) is 11.8 Å². The molecule has 0 amide bonds. The minimum atomic E-state index is 0.126. The van der Waals surface area contributed by atoms with Gasteiger partial charge < -0.3 is 15.2 Å². The Balaban J connectivity index is 1.84. The second-order valence-corrected chi connectivity index (χ2v) is 5.63. The van der Waals surface area contributed by atoms with E-state index in [0.29, 0.717) is 5.75 Å². The van der Waals surface area contributed by atoms with Crippen molar-refractivity contribution in [3.05, 3.63) is 72.6 Å². The molecule has 1 atom stereocenters. The summed E-state index contributed by atoms with van der Waals surface area (Å²) in [4.78, 5) is 4.32. The van der Waals surface area contributed by atoms with Gasteiger partial charge in [-0.3, -0.25) is 4.98 Å². The molecule has 0 saturated heterocycles. The molecule has 2 N–H and O–H groups in total. The van der Waals surface area contributed by atoms with Gasteiger partial charge in [-0.15, -0.1) is 0 Å². The number of ether oxygens (including phenoxy) is 1. The summed E-state index contributed by atoms with van der Waals surface area (Å²) in [5.74, 6) is 0.574. The quantitative estimate of drug-likeness (QED) is 0.719. The second kappa shape index (κ2) is 7.04. The number of anilines is 1. The number of phenolic OH excluding ortho intramolecular Hbond substituents is 1. The molecule has 1 heterocycles. The molecule has 122 valence electrons. The van der Waals surface area contributed by atoms with Crippen molar-refractivity contribution in [3.8, 4) is 22.6 Å². The van der Waals surface area contributed by atoms with Crippen molar-refractivity contribution in [3.63, 3.8) is 0 Å². The van der Waals surface area contributed by atoms with Crippen LogP contribution < -0.4 is 10.1 Å². The van der Waals surface area contributed by atoms with Gasteiger partial charge in [0.2, 0.25) is 0 Å². The molecule has 4 heteroatoms. The number of phenols is 1. The molecule has 0 unspecified atom stereocenters. The Bertz CT molecular complexity index is 819. The number of aromatic hydroxyl groups is 1. The van der Waals surface area contributed by atoms with Crippen molar-refractivity contribution < 1.29 is 9.84 Å². The average molecular weight is 320 g/mol. The Morgan fingerprint density at radius 1 is 1.00 bits per heavy atom. The predicted octanol–water partition coefficient (Wildman–Crippen LogP) is 4.64. The van der Waals surface area contributed by atoms with Crippen molar-refractivity contribution in [2.75, 3.05) is 12.4 Å². The van der Waals surface area contributed by atoms with Gasteiger partial charge >= 0.3 is 0 Å². The largest absolute Gasteiger partial charge is 0.504 e. The lowest BCUT2D eigenvalue weighted by Gasteiger charge is -2.16. The molecule has 4 nitrogen and oxygen atoms in total. The number of benzene rings is 2. The zero-order chi connectivity index (χ0) is 16.9. The summed E-state index contributed by atoms with van der Waals surface area (Å²) < 4.78 is 5.17. The summed E-state index contributed by atoms with van der Waals surface area (Å²) in [6.45, 7) is 2.12. The lowest BCUT2D eigenvalue weighted by molar-refractivity contribution is 0.373. The van der Waals surface area contributed by atoms with E-state index in [4.69, 9.17) is 4.74 Å². The van der Waals surface area contributed by atoms with Crippen LogP contribution in [0.3, 0.4) is 0 Å². The van der Waals surface area contributed by atoms with E-state index in [9.17, 15) is 5.11 Å². The molecular formula is C20H20N2O2. The van der Waals surface area contributed by atoms with Gasteiger partial charge in [0, 0.05) is 24.0 Å². The van der Waals surface area contributed by atoms with E-state index in [0.717, 1.165) is 16.8 Å². The number of methoxy groups -OCH3 is 1. The molecule has 24 heavy (non-hydrogen) atoms. The number of hydrogen-bond donors (Lipinski definition) is 2. The van der Waals surface area contributed by atoms with Crippen LogP contribution in [-0.2, 0) is 0 Å². The van der Waals surface area contributed by atoms with Gasteiger partial charge in [-0.2, -0.15) is 0 Å². The van der Waals surface area contributed by atoms with E-state index in [1.807, 2.05) is 30.3 Å². The normalized spacial score (nSPS) is 11.8. The fourth-order valence-corrected chi connectivity index (χ4v) is 2.61. The van der Waals surface area contributed by atoms with Gasteiger partial charge in [-0.25, -0.2) is 0 Å². The standard InChI is InChI=1S/C20H20N2O2/c1-14(15-6-4-3-5-7-15)22-18-10-17(12-21-13-18)16-8-9-19(23)20(11-16)24-2/h3-14,22-23H,1-2H3/t14-/m0/s1. The third kappa shape index (κ3) is 3.49. The number of rotatable bonds is 5. The molecule has 1 aromatic heterocycles. The first-order valence-corrected chi connectivity index (χ1v) is 7.81. The third-order valence-corrected chi connectivity index (χ3v) is 3.93. The maximum atomic E-state index is 9.73. The summed E-state index contributed by atoms with van der Waals surface area (Å²) in [5, 5.41) is 13.2. The number of pyridine rings is 1. The molecule has 0 saturated carbocycles. The maximum Gasteiger partial charge on any atom is 0.161 e. The van der Waals surface area contributed by atoms with Crippen LogP contribution in [0.15, 0.2) is 67.0 Å². The number of hydrogen-bond acceptors (Lipinski definition) is 4. The first-order chi connectivity index (χ1) is 11.7. The fourth-order valence-electron chi connectivity index (χ4n) is 2.61. The van der Waals surface area contributed by atoms with Crippen LogP contribution in [0, 0.1) is 0 Å². The second-order valence-electron chi connectivity index (χ2n) is 5.63. The summed E-state index contributed by atoms with van der Waals surface area (Å²) in [6.07, 6.45) is 3.60. The fraction of sp³-hybridized carbons (Fsp3) is 0.150. The molecule has 0 aliphatic heterocycles. The Labute approximate surface area is 141 Å². The number of nitrogens with one attached hydrogen (secondary N) is 1. The highest BCUT2D eigenvalue weighted by atomic mass is 16.5. The van der Waals surface area contributed by atoms with Crippen LogP contribution in [0.2, 0.25) is 0 Å². The van der Waals surface area contributed by atoms with Gasteiger partial charge in [-0.05, 0) is 36.2 Å². The smallest absolute Gasteiger partial charge is 0.161 e. The Morgan fingerprint density at radius 2 is 1.79 bits per heavy atom. The number of aromatic nitrogens is 1. The van der Waals surface area contributed by atoms with Crippen molar-refractivity contribution in [2.24, 2.45) is 0 Å². The minimum absolute atomic E-state index is 0.126. The molecule has 0 fully saturated rings. The Hall–Kier alpha value is -3.01. The first-order valence-electron chi connectivity index (χ1n) is 7.81. The Morgan fingerprint density at radius 3 is 2.54 bits per heavy atom. The van der Waals surface area contributed by atoms with E-state index in [1.54, 1.807) is 24.5 Å². The average Bonchev–Trinajstić information content (AvgIpc) is 2.63. The predicted molar refractivity (Wildman–Crippen MR) is 96.4 cm³/mol. The van der Waals surface area contributed by atoms with Gasteiger partial charge in [0.25, 0.3) is 0 Å². The van der Waals surface area contributed by atoms with Crippen LogP contribution in [0.25, 0.3) is 11.1 Å². The molecule has 2 aromatic carbocycles. The summed E-state index contributed by atoms with van der Waals surface area (Å²) >= 11 is 0. The lowest BCUT2D eigenvalue weighted by Crippen LogP contribution is -2.06. The summed E-state index contributed by atoms with van der Waals surface area (Å²) in [6, 6.07) is 17.8. The minimum Gasteiger partial charge on any atom is -0.504 e. The van der Waals surface area contributed by atoms with Crippen LogP contribution in [-0.4, -0.2) is 17.2 Å². The van der Waals surface area contributed by atoms with Crippen LogP contribution in [0.5, 0.6) is 11.5 Å². The topological polar surface area (TPSA) is 54.4 Å². The Kier molecular flexibility index (Phi) is 4.66. The van der Waals surface area contributed by atoms with Crippen LogP contribution >= 0.6 is 0 Å². The molecule has 3 rings (SSSR count). The van der Waals surface area contributed by atoms with E-state index >= 15 is 0 Å². The van der Waals surface area contributed by atoms with Crippen molar-refractivity contribution in [2.45, 2.75) is 13.0 Å². The van der Waals surface area contributed by atoms with E-state index < -0.39 is 0 Å². The molecule has 0 aliphatic carbocycles. The summed E-state index contributed by atoms with van der Waals surface area (Å²) in [7, 11) is 1.54.